The molecule has 31 heavy (non-hydrogen) atoms. The van der Waals surface area contributed by atoms with E-state index in [4.69, 9.17) is 0 Å². The van der Waals surface area contributed by atoms with Crippen molar-refractivity contribution < 1.29 is 18.0 Å². The van der Waals surface area contributed by atoms with Gasteiger partial charge >= 0.3 is 6.18 Å². The summed E-state index contributed by atoms with van der Waals surface area (Å²) in [6.45, 7) is 3.68. The molecular formula is C23H19F3N4O. The van der Waals surface area contributed by atoms with E-state index in [1.54, 1.807) is 31.2 Å². The van der Waals surface area contributed by atoms with Gasteiger partial charge in [-0.3, -0.25) is 4.79 Å². The molecule has 0 bridgehead atoms. The number of aryl methyl sites for hydroxylation is 1. The Hall–Kier alpha value is -3.68. The molecule has 5 nitrogen and oxygen atoms in total. The van der Waals surface area contributed by atoms with Crippen molar-refractivity contribution in [1.29, 1.82) is 0 Å². The van der Waals surface area contributed by atoms with Crippen molar-refractivity contribution in [3.63, 3.8) is 0 Å². The van der Waals surface area contributed by atoms with E-state index >= 15 is 0 Å². The maximum absolute atomic E-state index is 13.7. The molecule has 0 saturated carbocycles. The van der Waals surface area contributed by atoms with Gasteiger partial charge in [-0.15, -0.1) is 0 Å². The minimum atomic E-state index is -4.67. The Kier molecular flexibility index (Phi) is 5.22. The van der Waals surface area contributed by atoms with Crippen molar-refractivity contribution >= 4 is 11.6 Å². The van der Waals surface area contributed by atoms with Crippen LogP contribution in [0.15, 0.2) is 66.9 Å². The molecule has 1 unspecified atom stereocenters. The lowest BCUT2D eigenvalue weighted by Crippen LogP contribution is -2.26. The monoisotopic (exact) mass is 424 g/mol. The molecule has 4 rings (SSSR count). The smallest absolute Gasteiger partial charge is 0.345 e. The van der Waals surface area contributed by atoms with Gasteiger partial charge in [0.2, 0.25) is 0 Å². The summed E-state index contributed by atoms with van der Waals surface area (Å²) in [6.07, 6.45) is -3.55. The van der Waals surface area contributed by atoms with E-state index in [2.05, 4.69) is 15.4 Å². The summed E-state index contributed by atoms with van der Waals surface area (Å²) < 4.78 is 41.9. The van der Waals surface area contributed by atoms with Crippen molar-refractivity contribution in [2.75, 3.05) is 0 Å². The van der Waals surface area contributed by atoms with Crippen LogP contribution >= 0.6 is 0 Å². The van der Waals surface area contributed by atoms with Gasteiger partial charge in [0, 0.05) is 5.56 Å². The molecular weight excluding hydrogens is 405 g/mol. The van der Waals surface area contributed by atoms with Gasteiger partial charge < -0.3 is 5.32 Å². The number of fused-ring (bicyclic) bond motifs is 1. The van der Waals surface area contributed by atoms with E-state index in [1.165, 1.54) is 0 Å². The van der Waals surface area contributed by atoms with Gasteiger partial charge in [0.1, 0.15) is 5.56 Å². The van der Waals surface area contributed by atoms with Gasteiger partial charge in [0.15, 0.2) is 11.3 Å². The minimum Gasteiger partial charge on any atom is -0.345 e. The number of rotatable bonds is 4. The fraction of sp³-hybridized carbons (Fsp3) is 0.174. The van der Waals surface area contributed by atoms with Crippen LogP contribution in [0.1, 0.15) is 40.1 Å². The quantitative estimate of drug-likeness (QED) is 0.489. The van der Waals surface area contributed by atoms with E-state index < -0.39 is 17.8 Å². The Morgan fingerprint density at radius 1 is 1.06 bits per heavy atom. The molecule has 1 amide bonds. The second-order valence-electron chi connectivity index (χ2n) is 7.29. The topological polar surface area (TPSA) is 59.3 Å². The second-order valence-corrected chi connectivity index (χ2v) is 7.29. The van der Waals surface area contributed by atoms with Crippen LogP contribution in [0.25, 0.3) is 16.9 Å². The lowest BCUT2D eigenvalue weighted by atomic mass is 10.1. The number of carbonyl (C=O) groups is 1. The fourth-order valence-electron chi connectivity index (χ4n) is 3.30. The van der Waals surface area contributed by atoms with Gasteiger partial charge in [0.05, 0.1) is 17.9 Å². The Morgan fingerprint density at radius 2 is 1.74 bits per heavy atom. The van der Waals surface area contributed by atoms with Crippen molar-refractivity contribution in [3.05, 3.63) is 89.2 Å². The summed E-state index contributed by atoms with van der Waals surface area (Å²) in [7, 11) is 0. The average Bonchev–Trinajstić information content (AvgIpc) is 3.17. The number of nitrogens with zero attached hydrogens (tertiary/aromatic N) is 3. The van der Waals surface area contributed by atoms with E-state index in [-0.39, 0.29) is 22.9 Å². The molecule has 2 aromatic heterocycles. The highest BCUT2D eigenvalue weighted by Gasteiger charge is 2.36. The Labute approximate surface area is 176 Å². The SMILES string of the molecule is Cc1ccc(-c2cc(C(F)(F)F)n3ncc(C(=O)NC(C)c4ccccc4)c3n2)cc1. The summed E-state index contributed by atoms with van der Waals surface area (Å²) in [5.74, 6) is -0.548. The van der Waals surface area contributed by atoms with Crippen LogP contribution in [0.5, 0.6) is 0 Å². The third kappa shape index (κ3) is 4.14. The fourth-order valence-corrected chi connectivity index (χ4v) is 3.30. The molecule has 1 N–H and O–H groups in total. The molecule has 2 heterocycles. The van der Waals surface area contributed by atoms with Crippen LogP contribution in [-0.2, 0) is 6.18 Å². The maximum atomic E-state index is 13.7. The van der Waals surface area contributed by atoms with Crippen LogP contribution in [0.4, 0.5) is 13.2 Å². The molecule has 0 aliphatic carbocycles. The zero-order chi connectivity index (χ0) is 22.2. The van der Waals surface area contributed by atoms with Gasteiger partial charge in [-0.1, -0.05) is 60.2 Å². The standard InChI is InChI=1S/C23H19F3N4O/c1-14-8-10-17(11-9-14)19-12-20(23(24,25)26)30-21(29-19)18(13-27-30)22(31)28-15(2)16-6-4-3-5-7-16/h3-13,15H,1-2H3,(H,28,31). The summed E-state index contributed by atoms with van der Waals surface area (Å²) in [5, 5.41) is 6.61. The largest absolute Gasteiger partial charge is 0.433 e. The number of halogens is 3. The lowest BCUT2D eigenvalue weighted by Gasteiger charge is -2.14. The van der Waals surface area contributed by atoms with Crippen molar-refractivity contribution in [2.45, 2.75) is 26.1 Å². The predicted molar refractivity (Wildman–Crippen MR) is 110 cm³/mol. The van der Waals surface area contributed by atoms with Crippen LogP contribution in [0.3, 0.4) is 0 Å². The van der Waals surface area contributed by atoms with Crippen molar-refractivity contribution in [2.24, 2.45) is 0 Å². The molecule has 0 fully saturated rings. The number of benzene rings is 2. The summed E-state index contributed by atoms with van der Waals surface area (Å²) >= 11 is 0. The lowest BCUT2D eigenvalue weighted by molar-refractivity contribution is -0.142. The Bertz CT molecular complexity index is 1230. The highest BCUT2D eigenvalue weighted by Crippen LogP contribution is 2.33. The third-order valence-electron chi connectivity index (χ3n) is 5.00. The molecule has 0 aliphatic rings. The van der Waals surface area contributed by atoms with Gasteiger partial charge in [0.25, 0.3) is 5.91 Å². The molecule has 0 spiro atoms. The number of hydrogen-bond acceptors (Lipinski definition) is 3. The molecule has 0 radical (unpaired) electrons. The summed E-state index contributed by atoms with van der Waals surface area (Å²) in [6, 6.07) is 16.8. The van der Waals surface area contributed by atoms with E-state index in [0.29, 0.717) is 10.1 Å². The number of alkyl halides is 3. The number of carbonyl (C=O) groups excluding carboxylic acids is 1. The highest BCUT2D eigenvalue weighted by atomic mass is 19.4. The van der Waals surface area contributed by atoms with Crippen molar-refractivity contribution in [3.8, 4) is 11.3 Å². The molecule has 0 saturated heterocycles. The zero-order valence-corrected chi connectivity index (χ0v) is 16.8. The van der Waals surface area contributed by atoms with Gasteiger partial charge in [-0.25, -0.2) is 9.50 Å². The summed E-state index contributed by atoms with van der Waals surface area (Å²) in [4.78, 5) is 17.2. The number of amides is 1. The maximum Gasteiger partial charge on any atom is 0.433 e. The molecule has 0 aliphatic heterocycles. The first-order chi connectivity index (χ1) is 14.7. The van der Waals surface area contributed by atoms with E-state index in [0.717, 1.165) is 23.4 Å². The Morgan fingerprint density at radius 3 is 2.39 bits per heavy atom. The van der Waals surface area contributed by atoms with Gasteiger partial charge in [-0.05, 0) is 25.5 Å². The number of aromatic nitrogens is 3. The average molecular weight is 424 g/mol. The first-order valence-corrected chi connectivity index (χ1v) is 9.63. The normalized spacial score (nSPS) is 12.7. The van der Waals surface area contributed by atoms with Crippen LogP contribution < -0.4 is 5.32 Å². The molecule has 1 atom stereocenters. The highest BCUT2D eigenvalue weighted by molar-refractivity contribution is 6.00. The first-order valence-electron chi connectivity index (χ1n) is 9.63. The van der Waals surface area contributed by atoms with Crippen molar-refractivity contribution in [1.82, 2.24) is 19.9 Å². The molecule has 8 heteroatoms. The molecule has 2 aromatic carbocycles. The van der Waals surface area contributed by atoms with Gasteiger partial charge in [-0.2, -0.15) is 18.3 Å². The predicted octanol–water partition coefficient (Wildman–Crippen LogP) is 5.21. The first kappa shape index (κ1) is 20.6. The minimum absolute atomic E-state index is 0.0257. The zero-order valence-electron chi connectivity index (χ0n) is 16.8. The van der Waals surface area contributed by atoms with E-state index in [9.17, 15) is 18.0 Å². The number of nitrogens with one attached hydrogen (secondary N) is 1. The third-order valence-corrected chi connectivity index (χ3v) is 5.00. The van der Waals surface area contributed by atoms with Crippen LogP contribution in [0, 0.1) is 6.92 Å². The Balaban J connectivity index is 1.79. The van der Waals surface area contributed by atoms with Crippen LogP contribution in [-0.4, -0.2) is 20.5 Å². The number of hydrogen-bond donors (Lipinski definition) is 1. The van der Waals surface area contributed by atoms with E-state index in [1.807, 2.05) is 37.3 Å². The van der Waals surface area contributed by atoms with Crippen LogP contribution in [0.2, 0.25) is 0 Å². The molecule has 4 aromatic rings. The summed E-state index contributed by atoms with van der Waals surface area (Å²) in [5.41, 5.74) is 1.31. The molecule has 158 valence electrons. The second kappa shape index (κ2) is 7.86.